The van der Waals surface area contributed by atoms with Gasteiger partial charge >= 0.3 is 0 Å². The van der Waals surface area contributed by atoms with Crippen molar-refractivity contribution in [3.63, 3.8) is 0 Å². The number of hydrogen-bond donors (Lipinski definition) is 0. The Balaban J connectivity index is 1.92. The fourth-order valence-corrected chi connectivity index (χ4v) is 2.10. The van der Waals surface area contributed by atoms with E-state index in [0.29, 0.717) is 19.6 Å². The standard InChI is InChI=1S/C13H15NO2S/c15-12(11-4-2-1-3-5-11)10-13(17)14-6-8-16-9-7-14/h1-5H,6-10H2. The van der Waals surface area contributed by atoms with E-state index in [-0.39, 0.29) is 5.78 Å². The topological polar surface area (TPSA) is 29.5 Å². The van der Waals surface area contributed by atoms with Gasteiger partial charge in [-0.2, -0.15) is 0 Å². The molecule has 1 heterocycles. The van der Waals surface area contributed by atoms with Gasteiger partial charge in [-0.15, -0.1) is 0 Å². The number of morpholine rings is 1. The van der Waals surface area contributed by atoms with Crippen LogP contribution in [0.5, 0.6) is 0 Å². The Hall–Kier alpha value is -1.26. The molecule has 1 aromatic rings. The zero-order chi connectivity index (χ0) is 12.1. The maximum absolute atomic E-state index is 12.0. The van der Waals surface area contributed by atoms with Gasteiger partial charge in [0.25, 0.3) is 0 Å². The summed E-state index contributed by atoms with van der Waals surface area (Å²) in [6.07, 6.45) is 0.319. The van der Waals surface area contributed by atoms with E-state index in [1.165, 1.54) is 0 Å². The molecule has 0 aliphatic carbocycles. The van der Waals surface area contributed by atoms with Gasteiger partial charge in [-0.3, -0.25) is 4.79 Å². The minimum atomic E-state index is 0.0853. The van der Waals surface area contributed by atoms with Crippen LogP contribution in [0.15, 0.2) is 30.3 Å². The molecule has 1 aliphatic rings. The summed E-state index contributed by atoms with van der Waals surface area (Å²) in [7, 11) is 0. The maximum atomic E-state index is 12.0. The molecule has 1 aromatic carbocycles. The zero-order valence-corrected chi connectivity index (χ0v) is 10.4. The lowest BCUT2D eigenvalue weighted by molar-refractivity contribution is 0.0677. The van der Waals surface area contributed by atoms with E-state index >= 15 is 0 Å². The quantitative estimate of drug-likeness (QED) is 0.604. The molecule has 0 aromatic heterocycles. The summed E-state index contributed by atoms with van der Waals surface area (Å²) in [4.78, 5) is 14.7. The molecule has 0 spiro atoms. The predicted octanol–water partition coefficient (Wildman–Crippen LogP) is 1.92. The first-order valence-corrected chi connectivity index (χ1v) is 6.12. The van der Waals surface area contributed by atoms with E-state index < -0.39 is 0 Å². The Morgan fingerprint density at radius 2 is 1.88 bits per heavy atom. The van der Waals surface area contributed by atoms with Crippen LogP contribution in [-0.4, -0.2) is 42.0 Å². The summed E-state index contributed by atoms with van der Waals surface area (Å²) in [5.74, 6) is 0.0853. The maximum Gasteiger partial charge on any atom is 0.169 e. The molecule has 0 radical (unpaired) electrons. The van der Waals surface area contributed by atoms with Gasteiger partial charge in [-0.25, -0.2) is 0 Å². The van der Waals surface area contributed by atoms with Crippen LogP contribution in [0.25, 0.3) is 0 Å². The van der Waals surface area contributed by atoms with Crippen molar-refractivity contribution in [1.82, 2.24) is 4.90 Å². The molecule has 0 saturated carbocycles. The number of thiocarbonyl (C=S) groups is 1. The van der Waals surface area contributed by atoms with E-state index in [9.17, 15) is 4.79 Å². The largest absolute Gasteiger partial charge is 0.378 e. The second-order valence-corrected chi connectivity index (χ2v) is 4.43. The van der Waals surface area contributed by atoms with Crippen molar-refractivity contribution < 1.29 is 9.53 Å². The van der Waals surface area contributed by atoms with Gasteiger partial charge in [0.1, 0.15) is 0 Å². The van der Waals surface area contributed by atoms with Gasteiger partial charge in [0.15, 0.2) is 5.78 Å². The Labute approximate surface area is 106 Å². The fourth-order valence-electron chi connectivity index (χ4n) is 1.79. The van der Waals surface area contributed by atoms with Crippen LogP contribution in [0, 0.1) is 0 Å². The number of carbonyl (C=O) groups excluding carboxylic acids is 1. The third-order valence-electron chi connectivity index (χ3n) is 2.77. The molecular formula is C13H15NO2S. The van der Waals surface area contributed by atoms with E-state index in [1.54, 1.807) is 0 Å². The van der Waals surface area contributed by atoms with Crippen molar-refractivity contribution in [2.75, 3.05) is 26.3 Å². The summed E-state index contributed by atoms with van der Waals surface area (Å²) in [6, 6.07) is 9.28. The van der Waals surface area contributed by atoms with Gasteiger partial charge in [-0.1, -0.05) is 42.5 Å². The number of ketones is 1. The lowest BCUT2D eigenvalue weighted by Gasteiger charge is -2.28. The molecule has 1 aliphatic heterocycles. The minimum absolute atomic E-state index is 0.0853. The summed E-state index contributed by atoms with van der Waals surface area (Å²) < 4.78 is 5.25. The number of ether oxygens (including phenoxy) is 1. The second-order valence-electron chi connectivity index (χ2n) is 3.96. The first-order chi connectivity index (χ1) is 8.27. The van der Waals surface area contributed by atoms with Gasteiger partial charge < -0.3 is 9.64 Å². The third kappa shape index (κ3) is 3.35. The molecule has 1 fully saturated rings. The second kappa shape index (κ2) is 5.89. The molecule has 0 unspecified atom stereocenters. The number of benzene rings is 1. The van der Waals surface area contributed by atoms with Crippen LogP contribution in [0.2, 0.25) is 0 Å². The molecular weight excluding hydrogens is 234 g/mol. The highest BCUT2D eigenvalue weighted by Crippen LogP contribution is 2.08. The molecule has 0 atom stereocenters. The van der Waals surface area contributed by atoms with Crippen LogP contribution in [0.3, 0.4) is 0 Å². The first kappa shape index (κ1) is 12.2. The highest BCUT2D eigenvalue weighted by atomic mass is 32.1. The summed E-state index contributed by atoms with van der Waals surface area (Å²) in [5, 5.41) is 0. The van der Waals surface area contributed by atoms with Gasteiger partial charge in [0.2, 0.25) is 0 Å². The van der Waals surface area contributed by atoms with Crippen molar-refractivity contribution >= 4 is 23.0 Å². The fraction of sp³-hybridized carbons (Fsp3) is 0.385. The molecule has 1 saturated heterocycles. The normalized spacial score (nSPS) is 15.6. The SMILES string of the molecule is O=C(CC(=S)N1CCOCC1)c1ccccc1. The number of nitrogens with zero attached hydrogens (tertiary/aromatic N) is 1. The van der Waals surface area contributed by atoms with E-state index in [2.05, 4.69) is 4.90 Å². The molecule has 0 bridgehead atoms. The number of hydrogen-bond acceptors (Lipinski definition) is 3. The van der Waals surface area contributed by atoms with Gasteiger partial charge in [-0.05, 0) is 0 Å². The van der Waals surface area contributed by atoms with Crippen LogP contribution in [-0.2, 0) is 4.74 Å². The highest BCUT2D eigenvalue weighted by molar-refractivity contribution is 7.80. The predicted molar refractivity (Wildman–Crippen MR) is 70.4 cm³/mol. The Morgan fingerprint density at radius 1 is 1.24 bits per heavy atom. The monoisotopic (exact) mass is 249 g/mol. The van der Waals surface area contributed by atoms with Gasteiger partial charge in [0.05, 0.1) is 24.6 Å². The molecule has 0 amide bonds. The van der Waals surface area contributed by atoms with Crippen molar-refractivity contribution in [2.45, 2.75) is 6.42 Å². The molecule has 17 heavy (non-hydrogen) atoms. The number of Topliss-reactive ketones (excluding diaryl/α,β-unsaturated/α-hetero) is 1. The summed E-state index contributed by atoms with van der Waals surface area (Å²) >= 11 is 5.30. The molecule has 0 N–H and O–H groups in total. The molecule has 4 heteroatoms. The average Bonchev–Trinajstić information content (AvgIpc) is 2.40. The summed E-state index contributed by atoms with van der Waals surface area (Å²) in [6.45, 7) is 2.97. The summed E-state index contributed by atoms with van der Waals surface area (Å²) in [5.41, 5.74) is 0.725. The minimum Gasteiger partial charge on any atom is -0.378 e. The average molecular weight is 249 g/mol. The lowest BCUT2D eigenvalue weighted by Crippen LogP contribution is -2.40. The van der Waals surface area contributed by atoms with Crippen molar-refractivity contribution in [2.24, 2.45) is 0 Å². The van der Waals surface area contributed by atoms with E-state index in [1.807, 2.05) is 30.3 Å². The smallest absolute Gasteiger partial charge is 0.169 e. The van der Waals surface area contributed by atoms with E-state index in [0.717, 1.165) is 23.6 Å². The zero-order valence-electron chi connectivity index (χ0n) is 9.59. The van der Waals surface area contributed by atoms with Crippen molar-refractivity contribution in [3.8, 4) is 0 Å². The molecule has 90 valence electrons. The Kier molecular flexibility index (Phi) is 4.23. The van der Waals surface area contributed by atoms with Crippen LogP contribution in [0.4, 0.5) is 0 Å². The Bertz CT molecular complexity index is 399. The van der Waals surface area contributed by atoms with Crippen molar-refractivity contribution in [3.05, 3.63) is 35.9 Å². The van der Waals surface area contributed by atoms with Crippen molar-refractivity contribution in [1.29, 1.82) is 0 Å². The molecule has 3 nitrogen and oxygen atoms in total. The molecule has 2 rings (SSSR count). The van der Waals surface area contributed by atoms with Gasteiger partial charge in [0, 0.05) is 18.7 Å². The first-order valence-electron chi connectivity index (χ1n) is 5.71. The number of rotatable bonds is 3. The third-order valence-corrected chi connectivity index (χ3v) is 3.17. The lowest BCUT2D eigenvalue weighted by atomic mass is 10.1. The van der Waals surface area contributed by atoms with E-state index in [4.69, 9.17) is 17.0 Å². The van der Waals surface area contributed by atoms with Crippen LogP contribution >= 0.6 is 12.2 Å². The Morgan fingerprint density at radius 3 is 2.53 bits per heavy atom. The van der Waals surface area contributed by atoms with Crippen LogP contribution < -0.4 is 0 Å². The number of carbonyl (C=O) groups is 1. The highest BCUT2D eigenvalue weighted by Gasteiger charge is 2.16. The van der Waals surface area contributed by atoms with Crippen LogP contribution in [0.1, 0.15) is 16.8 Å².